The van der Waals surface area contributed by atoms with E-state index in [2.05, 4.69) is 0 Å². The largest absolute Gasteiger partial charge is 0.395 e. The number of carbonyl (C=O) groups is 1. The maximum atomic E-state index is 11.5. The monoisotopic (exact) mass is 239 g/mol. The van der Waals surface area contributed by atoms with Crippen LogP contribution in [-0.2, 0) is 4.79 Å². The second-order valence-electron chi connectivity index (χ2n) is 3.37. The number of halogens is 1. The molecule has 86 valence electrons. The molecule has 0 heterocycles. The van der Waals surface area contributed by atoms with Crippen LogP contribution in [0.25, 0.3) is 6.08 Å². The molecule has 1 aromatic rings. The van der Waals surface area contributed by atoms with E-state index in [1.54, 1.807) is 25.3 Å². The number of carbonyl (C=O) groups excluding carboxylic acids is 1. The van der Waals surface area contributed by atoms with Gasteiger partial charge in [0.25, 0.3) is 0 Å². The van der Waals surface area contributed by atoms with Crippen molar-refractivity contribution in [3.8, 4) is 0 Å². The summed E-state index contributed by atoms with van der Waals surface area (Å²) < 4.78 is 0. The third kappa shape index (κ3) is 4.04. The Morgan fingerprint density at radius 3 is 2.62 bits per heavy atom. The van der Waals surface area contributed by atoms with Crippen molar-refractivity contribution < 1.29 is 9.90 Å². The Kier molecular flexibility index (Phi) is 5.02. The Morgan fingerprint density at radius 1 is 1.44 bits per heavy atom. The number of hydrogen-bond donors (Lipinski definition) is 1. The molecule has 0 saturated carbocycles. The maximum absolute atomic E-state index is 11.5. The standard InChI is InChI=1S/C12H14ClNO2/c1-14(8-9-15)12(16)7-4-10-2-5-11(13)6-3-10/h2-7,15H,8-9H2,1H3. The van der Waals surface area contributed by atoms with Gasteiger partial charge < -0.3 is 10.0 Å². The number of hydrogen-bond acceptors (Lipinski definition) is 2. The Balaban J connectivity index is 2.59. The molecule has 0 unspecified atom stereocenters. The van der Waals surface area contributed by atoms with Crippen LogP contribution in [0.2, 0.25) is 5.02 Å². The van der Waals surface area contributed by atoms with E-state index in [1.165, 1.54) is 11.0 Å². The molecular weight excluding hydrogens is 226 g/mol. The minimum Gasteiger partial charge on any atom is -0.395 e. The highest BCUT2D eigenvalue weighted by atomic mass is 35.5. The van der Waals surface area contributed by atoms with E-state index in [-0.39, 0.29) is 12.5 Å². The third-order valence-corrected chi connectivity index (χ3v) is 2.35. The van der Waals surface area contributed by atoms with Gasteiger partial charge in [-0.05, 0) is 23.8 Å². The number of aliphatic hydroxyl groups is 1. The SMILES string of the molecule is CN(CCO)C(=O)C=Cc1ccc(Cl)cc1. The Morgan fingerprint density at radius 2 is 2.06 bits per heavy atom. The summed E-state index contributed by atoms with van der Waals surface area (Å²) in [4.78, 5) is 12.9. The van der Waals surface area contributed by atoms with Crippen LogP contribution >= 0.6 is 11.6 Å². The fourth-order valence-corrected chi connectivity index (χ4v) is 1.25. The zero-order chi connectivity index (χ0) is 12.0. The molecule has 0 saturated heterocycles. The first-order chi connectivity index (χ1) is 7.63. The van der Waals surface area contributed by atoms with Gasteiger partial charge in [-0.3, -0.25) is 4.79 Å². The normalized spacial score (nSPS) is 10.7. The van der Waals surface area contributed by atoms with Crippen molar-refractivity contribution in [1.29, 1.82) is 0 Å². The molecule has 0 aromatic heterocycles. The summed E-state index contributed by atoms with van der Waals surface area (Å²) in [6, 6.07) is 7.20. The molecule has 1 rings (SSSR count). The highest BCUT2D eigenvalue weighted by Gasteiger charge is 2.02. The van der Waals surface area contributed by atoms with Crippen LogP contribution in [0.1, 0.15) is 5.56 Å². The summed E-state index contributed by atoms with van der Waals surface area (Å²) in [5, 5.41) is 9.34. The zero-order valence-electron chi connectivity index (χ0n) is 9.06. The van der Waals surface area contributed by atoms with Crippen LogP contribution in [0.3, 0.4) is 0 Å². The predicted octanol–water partition coefficient (Wildman–Crippen LogP) is 1.80. The van der Waals surface area contributed by atoms with Crippen molar-refractivity contribution in [2.45, 2.75) is 0 Å². The predicted molar refractivity (Wildman–Crippen MR) is 65.2 cm³/mol. The van der Waals surface area contributed by atoms with E-state index in [0.717, 1.165) is 5.56 Å². The van der Waals surface area contributed by atoms with Gasteiger partial charge in [0.05, 0.1) is 6.61 Å². The lowest BCUT2D eigenvalue weighted by atomic mass is 10.2. The molecule has 1 aromatic carbocycles. The van der Waals surface area contributed by atoms with Gasteiger partial charge in [0.15, 0.2) is 0 Å². The Labute approximate surface area is 100.0 Å². The van der Waals surface area contributed by atoms with E-state index in [4.69, 9.17) is 16.7 Å². The minimum atomic E-state index is -0.135. The van der Waals surface area contributed by atoms with Gasteiger partial charge >= 0.3 is 0 Å². The molecule has 0 spiro atoms. The van der Waals surface area contributed by atoms with Crippen molar-refractivity contribution in [2.24, 2.45) is 0 Å². The number of aliphatic hydroxyl groups excluding tert-OH is 1. The smallest absolute Gasteiger partial charge is 0.246 e. The van der Waals surface area contributed by atoms with Gasteiger partial charge in [-0.2, -0.15) is 0 Å². The van der Waals surface area contributed by atoms with Crippen LogP contribution in [0.4, 0.5) is 0 Å². The Bertz CT molecular complexity index is 373. The molecule has 0 fully saturated rings. The van der Waals surface area contributed by atoms with E-state index < -0.39 is 0 Å². The lowest BCUT2D eigenvalue weighted by Crippen LogP contribution is -2.27. The summed E-state index contributed by atoms with van der Waals surface area (Å²) in [6.07, 6.45) is 3.19. The van der Waals surface area contributed by atoms with Gasteiger partial charge in [0, 0.05) is 24.7 Å². The average Bonchev–Trinajstić information content (AvgIpc) is 2.28. The minimum absolute atomic E-state index is 0.0307. The average molecular weight is 240 g/mol. The van der Waals surface area contributed by atoms with E-state index >= 15 is 0 Å². The highest BCUT2D eigenvalue weighted by Crippen LogP contribution is 2.10. The fourth-order valence-electron chi connectivity index (χ4n) is 1.13. The van der Waals surface area contributed by atoms with E-state index in [0.29, 0.717) is 11.6 Å². The molecule has 0 bridgehead atoms. The van der Waals surface area contributed by atoms with Crippen molar-refractivity contribution >= 4 is 23.6 Å². The molecule has 0 aliphatic heterocycles. The number of nitrogens with zero attached hydrogens (tertiary/aromatic N) is 1. The van der Waals surface area contributed by atoms with Crippen LogP contribution in [0, 0.1) is 0 Å². The van der Waals surface area contributed by atoms with Crippen molar-refractivity contribution in [1.82, 2.24) is 4.90 Å². The second-order valence-corrected chi connectivity index (χ2v) is 3.80. The highest BCUT2D eigenvalue weighted by molar-refractivity contribution is 6.30. The molecular formula is C12H14ClNO2. The van der Waals surface area contributed by atoms with Gasteiger partial charge in [-0.25, -0.2) is 0 Å². The molecule has 0 aliphatic carbocycles. The maximum Gasteiger partial charge on any atom is 0.246 e. The molecule has 3 nitrogen and oxygen atoms in total. The first kappa shape index (κ1) is 12.7. The van der Waals surface area contributed by atoms with Crippen molar-refractivity contribution in [3.63, 3.8) is 0 Å². The lowest BCUT2D eigenvalue weighted by molar-refractivity contribution is -0.125. The summed E-state index contributed by atoms with van der Waals surface area (Å²) in [6.45, 7) is 0.306. The lowest BCUT2D eigenvalue weighted by Gasteiger charge is -2.12. The summed E-state index contributed by atoms with van der Waals surface area (Å²) >= 11 is 5.74. The number of amides is 1. The first-order valence-corrected chi connectivity index (χ1v) is 5.31. The van der Waals surface area contributed by atoms with Crippen molar-refractivity contribution in [2.75, 3.05) is 20.2 Å². The molecule has 16 heavy (non-hydrogen) atoms. The van der Waals surface area contributed by atoms with Crippen LogP contribution < -0.4 is 0 Å². The topological polar surface area (TPSA) is 40.5 Å². The Hall–Kier alpha value is -1.32. The van der Waals surface area contributed by atoms with Gasteiger partial charge in [0.2, 0.25) is 5.91 Å². The zero-order valence-corrected chi connectivity index (χ0v) is 9.81. The molecule has 4 heteroatoms. The number of benzene rings is 1. The van der Waals surface area contributed by atoms with Gasteiger partial charge in [-0.15, -0.1) is 0 Å². The van der Waals surface area contributed by atoms with Crippen molar-refractivity contribution in [3.05, 3.63) is 40.9 Å². The van der Waals surface area contributed by atoms with E-state index in [1.807, 2.05) is 12.1 Å². The summed E-state index contributed by atoms with van der Waals surface area (Å²) in [5.74, 6) is -0.135. The molecule has 1 N–H and O–H groups in total. The molecule has 1 amide bonds. The second kappa shape index (κ2) is 6.30. The van der Waals surface area contributed by atoms with Crippen LogP contribution in [-0.4, -0.2) is 36.1 Å². The first-order valence-electron chi connectivity index (χ1n) is 4.93. The summed E-state index contributed by atoms with van der Waals surface area (Å²) in [5.41, 5.74) is 0.912. The molecule has 0 aliphatic rings. The number of rotatable bonds is 4. The van der Waals surface area contributed by atoms with Gasteiger partial charge in [0.1, 0.15) is 0 Å². The number of likely N-dealkylation sites (N-methyl/N-ethyl adjacent to an activating group) is 1. The third-order valence-electron chi connectivity index (χ3n) is 2.10. The van der Waals surface area contributed by atoms with Crippen LogP contribution in [0.15, 0.2) is 30.3 Å². The van der Waals surface area contributed by atoms with Gasteiger partial charge in [-0.1, -0.05) is 23.7 Å². The van der Waals surface area contributed by atoms with E-state index in [9.17, 15) is 4.79 Å². The fraction of sp³-hybridized carbons (Fsp3) is 0.250. The molecule has 0 radical (unpaired) electrons. The van der Waals surface area contributed by atoms with Crippen LogP contribution in [0.5, 0.6) is 0 Å². The molecule has 0 atom stereocenters. The summed E-state index contributed by atoms with van der Waals surface area (Å²) in [7, 11) is 1.64. The quantitative estimate of drug-likeness (QED) is 0.814.